The zero-order chi connectivity index (χ0) is 39.8. The van der Waals surface area contributed by atoms with E-state index in [2.05, 4.69) is 21.3 Å². The second kappa shape index (κ2) is 21.7. The van der Waals surface area contributed by atoms with Gasteiger partial charge in [0.25, 0.3) is 0 Å². The van der Waals surface area contributed by atoms with E-state index in [1.165, 1.54) is 17.0 Å². The number of phenolic OH excluding ortho intramolecular Hbond substituents is 1. The summed E-state index contributed by atoms with van der Waals surface area (Å²) < 4.78 is 0. The molecule has 17 nitrogen and oxygen atoms in total. The monoisotopic (exact) mass is 746 g/mol. The predicted molar refractivity (Wildman–Crippen MR) is 196 cm³/mol. The second-order valence-corrected chi connectivity index (χ2v) is 14.3. The Kier molecular flexibility index (Phi) is 18.2. The normalized spacial score (nSPS) is 17.0. The lowest BCUT2D eigenvalue weighted by Crippen LogP contribution is -2.60. The van der Waals surface area contributed by atoms with Crippen LogP contribution in [-0.4, -0.2) is 106 Å². The SMILES string of the molecule is CC(C)C[C@H](NC(=O)[C@H](CCC(N)=O)NC(=O)[C@@H]1CCCN1C(=O)[C@@H](NC(=O)[C@H](CCCCN)NC(=O)[C@@H](N)Cc1ccc(O)cc1)C(C)C)C(=O)O. The molecule has 0 radical (unpaired) electrons. The molecule has 0 aliphatic carbocycles. The average molecular weight is 747 g/mol. The Morgan fingerprint density at radius 2 is 1.45 bits per heavy atom. The summed E-state index contributed by atoms with van der Waals surface area (Å²) in [6, 6.07) is -0.457. The van der Waals surface area contributed by atoms with Crippen molar-refractivity contribution in [3.05, 3.63) is 29.8 Å². The van der Waals surface area contributed by atoms with Gasteiger partial charge < -0.3 is 53.6 Å². The first-order valence-corrected chi connectivity index (χ1v) is 18.2. The number of primary amides is 1. The molecule has 1 aliphatic heterocycles. The number of carboxylic acids is 1. The van der Waals surface area contributed by atoms with Crippen LogP contribution >= 0.6 is 0 Å². The maximum atomic E-state index is 14.0. The zero-order valence-corrected chi connectivity index (χ0v) is 31.1. The van der Waals surface area contributed by atoms with E-state index in [9.17, 15) is 43.8 Å². The average Bonchev–Trinajstić information content (AvgIpc) is 3.58. The van der Waals surface area contributed by atoms with Crippen LogP contribution in [0.1, 0.15) is 84.6 Å². The van der Waals surface area contributed by atoms with Crippen LogP contribution in [0.15, 0.2) is 24.3 Å². The molecule has 0 aromatic heterocycles. The first-order chi connectivity index (χ1) is 24.9. The molecular formula is C36H58N8O9. The molecule has 0 unspecified atom stereocenters. The van der Waals surface area contributed by atoms with E-state index in [1.807, 2.05) is 0 Å². The van der Waals surface area contributed by atoms with Crippen LogP contribution in [0.5, 0.6) is 5.75 Å². The maximum absolute atomic E-state index is 14.0. The molecule has 12 N–H and O–H groups in total. The Labute approximate surface area is 310 Å². The van der Waals surface area contributed by atoms with Crippen molar-refractivity contribution in [2.24, 2.45) is 29.0 Å². The van der Waals surface area contributed by atoms with Gasteiger partial charge in [-0.3, -0.25) is 28.8 Å². The van der Waals surface area contributed by atoms with Crippen LogP contribution in [0.3, 0.4) is 0 Å². The van der Waals surface area contributed by atoms with Gasteiger partial charge in [-0.2, -0.15) is 0 Å². The summed E-state index contributed by atoms with van der Waals surface area (Å²) >= 11 is 0. The third kappa shape index (κ3) is 14.6. The van der Waals surface area contributed by atoms with Gasteiger partial charge in [0.15, 0.2) is 0 Å². The number of carboxylic acid groups (broad SMARTS) is 1. The summed E-state index contributed by atoms with van der Waals surface area (Å²) in [5, 5.41) is 29.7. The highest BCUT2D eigenvalue weighted by Crippen LogP contribution is 2.21. The number of hydrogen-bond acceptors (Lipinski definition) is 10. The minimum atomic E-state index is -1.31. The van der Waals surface area contributed by atoms with E-state index in [0.29, 0.717) is 31.4 Å². The van der Waals surface area contributed by atoms with Crippen molar-refractivity contribution in [3.63, 3.8) is 0 Å². The Morgan fingerprint density at radius 1 is 0.849 bits per heavy atom. The molecule has 0 spiro atoms. The highest BCUT2D eigenvalue weighted by Gasteiger charge is 2.40. The topological polar surface area (TPSA) is 289 Å². The van der Waals surface area contributed by atoms with E-state index >= 15 is 0 Å². The molecule has 1 aromatic rings. The lowest BCUT2D eigenvalue weighted by molar-refractivity contribution is -0.144. The van der Waals surface area contributed by atoms with E-state index in [4.69, 9.17) is 17.2 Å². The maximum Gasteiger partial charge on any atom is 0.326 e. The van der Waals surface area contributed by atoms with Crippen molar-refractivity contribution < 1.29 is 43.8 Å². The fourth-order valence-corrected chi connectivity index (χ4v) is 6.06. The number of carbonyl (C=O) groups excluding carboxylic acids is 6. The highest BCUT2D eigenvalue weighted by atomic mass is 16.4. The van der Waals surface area contributed by atoms with E-state index in [1.54, 1.807) is 39.8 Å². The fraction of sp³-hybridized carbons (Fsp3) is 0.639. The van der Waals surface area contributed by atoms with Gasteiger partial charge in [-0.1, -0.05) is 39.8 Å². The number of amides is 6. The fourth-order valence-electron chi connectivity index (χ4n) is 6.06. The number of aliphatic carboxylic acids is 1. The number of unbranched alkanes of at least 4 members (excludes halogenated alkanes) is 1. The molecule has 6 atom stereocenters. The van der Waals surface area contributed by atoms with Crippen LogP contribution in [0.4, 0.5) is 0 Å². The molecule has 1 aliphatic rings. The number of nitrogens with zero attached hydrogens (tertiary/aromatic N) is 1. The molecule has 17 heteroatoms. The van der Waals surface area contributed by atoms with Crippen molar-refractivity contribution in [1.29, 1.82) is 0 Å². The van der Waals surface area contributed by atoms with Gasteiger partial charge in [0, 0.05) is 13.0 Å². The second-order valence-electron chi connectivity index (χ2n) is 14.3. The van der Waals surface area contributed by atoms with Gasteiger partial charge in [-0.25, -0.2) is 4.79 Å². The van der Waals surface area contributed by atoms with Gasteiger partial charge in [0.2, 0.25) is 35.4 Å². The number of hydrogen-bond donors (Lipinski definition) is 9. The molecule has 53 heavy (non-hydrogen) atoms. The van der Waals surface area contributed by atoms with E-state index in [0.717, 1.165) is 0 Å². The summed E-state index contributed by atoms with van der Waals surface area (Å²) in [5.41, 5.74) is 17.8. The molecule has 1 fully saturated rings. The molecule has 0 saturated carbocycles. The van der Waals surface area contributed by atoms with Gasteiger partial charge in [-0.15, -0.1) is 0 Å². The first kappa shape index (κ1) is 44.4. The Morgan fingerprint density at radius 3 is 2.02 bits per heavy atom. The number of likely N-dealkylation sites (tertiary alicyclic amines) is 1. The van der Waals surface area contributed by atoms with Crippen molar-refractivity contribution in [1.82, 2.24) is 26.2 Å². The summed E-state index contributed by atoms with van der Waals surface area (Å²) in [6.45, 7) is 7.60. The minimum Gasteiger partial charge on any atom is -0.508 e. The predicted octanol–water partition coefficient (Wildman–Crippen LogP) is -0.627. The summed E-state index contributed by atoms with van der Waals surface area (Å²) in [4.78, 5) is 92.3. The number of nitrogens with one attached hydrogen (secondary N) is 4. The summed E-state index contributed by atoms with van der Waals surface area (Å²) in [7, 11) is 0. The Hall–Kier alpha value is -4.77. The Bertz CT molecular complexity index is 1420. The number of carbonyl (C=O) groups is 7. The van der Waals surface area contributed by atoms with Gasteiger partial charge >= 0.3 is 5.97 Å². The highest BCUT2D eigenvalue weighted by molar-refractivity contribution is 5.97. The zero-order valence-electron chi connectivity index (χ0n) is 31.1. The largest absolute Gasteiger partial charge is 0.508 e. The standard InChI is InChI=1S/C36H58N8O9/c1-20(2)18-27(36(52)53)42-32(48)26(14-15-29(39)46)41-34(50)28-9-7-17-44(28)35(51)30(21(3)4)43-33(49)25(8-5-6-16-37)40-31(47)24(38)19-22-10-12-23(45)13-11-22/h10-13,20-21,24-28,30,45H,5-9,14-19,37-38H2,1-4H3,(H2,39,46)(H,40,47)(H,41,50)(H,42,48)(H,43,49)(H,52,53)/t24-,25-,26-,27-,28-,30-/m0/s1. The third-order valence-corrected chi connectivity index (χ3v) is 9.01. The van der Waals surface area contributed by atoms with Crippen LogP contribution < -0.4 is 38.5 Å². The van der Waals surface area contributed by atoms with Crippen molar-refractivity contribution in [2.45, 2.75) is 122 Å². The van der Waals surface area contributed by atoms with Crippen molar-refractivity contribution in [2.75, 3.05) is 13.1 Å². The Balaban J connectivity index is 2.21. The molecule has 0 bridgehead atoms. The lowest BCUT2D eigenvalue weighted by Gasteiger charge is -2.32. The third-order valence-electron chi connectivity index (χ3n) is 9.01. The van der Waals surface area contributed by atoms with Crippen LogP contribution in [0.25, 0.3) is 0 Å². The molecule has 296 valence electrons. The number of benzene rings is 1. The molecular weight excluding hydrogens is 688 g/mol. The summed E-state index contributed by atoms with van der Waals surface area (Å²) in [5.74, 6) is -5.62. The number of nitrogens with two attached hydrogens (primary N) is 3. The van der Waals surface area contributed by atoms with Crippen LogP contribution in [0, 0.1) is 11.8 Å². The lowest BCUT2D eigenvalue weighted by atomic mass is 10.00. The van der Waals surface area contributed by atoms with Gasteiger partial charge in [-0.05, 0) is 87.4 Å². The molecule has 6 amide bonds. The van der Waals surface area contributed by atoms with Gasteiger partial charge in [0.1, 0.15) is 36.0 Å². The van der Waals surface area contributed by atoms with Crippen LogP contribution in [0.2, 0.25) is 0 Å². The van der Waals surface area contributed by atoms with Crippen LogP contribution in [-0.2, 0) is 40.0 Å². The number of rotatable bonds is 22. The van der Waals surface area contributed by atoms with Gasteiger partial charge in [0.05, 0.1) is 6.04 Å². The number of phenols is 1. The molecule has 1 heterocycles. The van der Waals surface area contributed by atoms with E-state index < -0.39 is 83.6 Å². The van der Waals surface area contributed by atoms with Crippen molar-refractivity contribution in [3.8, 4) is 5.75 Å². The number of aromatic hydroxyl groups is 1. The van der Waals surface area contributed by atoms with Crippen molar-refractivity contribution >= 4 is 41.4 Å². The minimum absolute atomic E-state index is 0.0610. The quantitative estimate of drug-likeness (QED) is 0.0674. The molecule has 1 saturated heterocycles. The first-order valence-electron chi connectivity index (χ1n) is 18.2. The van der Waals surface area contributed by atoms with E-state index in [-0.39, 0.29) is 56.7 Å². The summed E-state index contributed by atoms with van der Waals surface area (Å²) in [6.07, 6.45) is 1.85. The smallest absolute Gasteiger partial charge is 0.326 e. The molecule has 2 rings (SSSR count). The molecule has 1 aromatic carbocycles.